The lowest BCUT2D eigenvalue weighted by atomic mass is 9.84. The zero-order valence-corrected chi connectivity index (χ0v) is 6.39. The summed E-state index contributed by atoms with van der Waals surface area (Å²) < 4.78 is 0. The quantitative estimate of drug-likeness (QED) is 0.498. The number of hydrogen-bond acceptors (Lipinski definition) is 1. The van der Waals surface area contributed by atoms with Crippen LogP contribution in [0.1, 0.15) is 20.3 Å². The Bertz CT molecular complexity index is 226. The van der Waals surface area contributed by atoms with E-state index in [-0.39, 0.29) is 5.41 Å². The first-order valence-electron chi connectivity index (χ1n) is 3.43. The van der Waals surface area contributed by atoms with Gasteiger partial charge < -0.3 is 0 Å². The molecule has 10 heavy (non-hydrogen) atoms. The molecule has 0 saturated carbocycles. The molecule has 0 aliphatic heterocycles. The van der Waals surface area contributed by atoms with Crippen LogP contribution in [0.15, 0.2) is 23.8 Å². The van der Waals surface area contributed by atoms with Crippen molar-refractivity contribution in [2.24, 2.45) is 5.41 Å². The Hall–Kier alpha value is -1.03. The van der Waals surface area contributed by atoms with Crippen molar-refractivity contribution in [3.8, 4) is 6.07 Å². The van der Waals surface area contributed by atoms with E-state index in [2.05, 4.69) is 26.0 Å². The van der Waals surface area contributed by atoms with E-state index < -0.39 is 0 Å². The number of hydrogen-bond donors (Lipinski definition) is 0. The second-order valence-electron chi connectivity index (χ2n) is 3.31. The Labute approximate surface area is 61.7 Å². The summed E-state index contributed by atoms with van der Waals surface area (Å²) in [5.74, 6) is 0. The molecule has 1 nitrogen and oxygen atoms in total. The molecule has 1 aliphatic rings. The van der Waals surface area contributed by atoms with Gasteiger partial charge in [0.2, 0.25) is 0 Å². The van der Waals surface area contributed by atoms with E-state index in [1.807, 2.05) is 12.2 Å². The van der Waals surface area contributed by atoms with E-state index in [9.17, 15) is 0 Å². The molecule has 1 rings (SSSR count). The van der Waals surface area contributed by atoms with Crippen LogP contribution < -0.4 is 0 Å². The summed E-state index contributed by atoms with van der Waals surface area (Å²) in [5, 5.41) is 8.55. The number of nitrogens with zero attached hydrogens (tertiary/aromatic N) is 1. The molecule has 0 aromatic heterocycles. The van der Waals surface area contributed by atoms with Gasteiger partial charge in [0.05, 0.1) is 6.07 Å². The van der Waals surface area contributed by atoms with Gasteiger partial charge in [-0.3, -0.25) is 0 Å². The molecule has 1 aliphatic carbocycles. The molecule has 0 bridgehead atoms. The van der Waals surface area contributed by atoms with Crippen molar-refractivity contribution < 1.29 is 0 Å². The van der Waals surface area contributed by atoms with E-state index in [4.69, 9.17) is 5.26 Å². The maximum absolute atomic E-state index is 8.55. The van der Waals surface area contributed by atoms with Gasteiger partial charge in [-0.2, -0.15) is 5.26 Å². The molecule has 0 radical (unpaired) electrons. The minimum atomic E-state index is 0.180. The van der Waals surface area contributed by atoms with E-state index >= 15 is 0 Å². The van der Waals surface area contributed by atoms with Gasteiger partial charge in [-0.25, -0.2) is 0 Å². The highest BCUT2D eigenvalue weighted by Crippen LogP contribution is 2.28. The lowest BCUT2D eigenvalue weighted by Gasteiger charge is -2.20. The maximum Gasteiger partial charge on any atom is 0.0988 e. The van der Waals surface area contributed by atoms with Crippen molar-refractivity contribution in [1.82, 2.24) is 0 Å². The number of rotatable bonds is 0. The predicted octanol–water partition coefficient (Wildman–Crippen LogP) is 2.42. The normalized spacial score (nSPS) is 21.5. The number of allylic oxidation sites excluding steroid dienone is 4. The molecular weight excluding hydrogens is 122 g/mol. The van der Waals surface area contributed by atoms with Gasteiger partial charge in [0.15, 0.2) is 0 Å². The Morgan fingerprint density at radius 1 is 1.60 bits per heavy atom. The standard InChI is InChI=1S/C9H11N/c1-9(2)5-3-4-8(6-9)7-10/h3-4,6H,5H2,1-2H3. The Balaban J connectivity index is 2.88. The Kier molecular flexibility index (Phi) is 1.63. The van der Waals surface area contributed by atoms with Gasteiger partial charge >= 0.3 is 0 Å². The molecule has 52 valence electrons. The van der Waals surface area contributed by atoms with Gasteiger partial charge in [0.25, 0.3) is 0 Å². The largest absolute Gasteiger partial charge is 0.192 e. The van der Waals surface area contributed by atoms with Gasteiger partial charge in [-0.1, -0.05) is 26.0 Å². The first kappa shape index (κ1) is 7.08. The molecule has 0 saturated heterocycles. The van der Waals surface area contributed by atoms with E-state index in [0.717, 1.165) is 12.0 Å². The fraction of sp³-hybridized carbons (Fsp3) is 0.444. The molecule has 0 N–H and O–H groups in total. The zero-order valence-electron chi connectivity index (χ0n) is 6.39. The van der Waals surface area contributed by atoms with E-state index in [1.165, 1.54) is 0 Å². The van der Waals surface area contributed by atoms with Crippen LogP contribution >= 0.6 is 0 Å². The van der Waals surface area contributed by atoms with Gasteiger partial charge in [0, 0.05) is 5.57 Å². The van der Waals surface area contributed by atoms with E-state index in [0.29, 0.717) is 0 Å². The van der Waals surface area contributed by atoms with Crippen molar-refractivity contribution in [2.45, 2.75) is 20.3 Å². The summed E-state index contributed by atoms with van der Waals surface area (Å²) in [4.78, 5) is 0. The lowest BCUT2D eigenvalue weighted by molar-refractivity contribution is 0.482. The highest BCUT2D eigenvalue weighted by molar-refractivity contribution is 5.37. The number of nitriles is 1. The van der Waals surface area contributed by atoms with Crippen molar-refractivity contribution >= 4 is 0 Å². The summed E-state index contributed by atoms with van der Waals surface area (Å²) in [6.45, 7) is 4.27. The third-order valence-electron chi connectivity index (χ3n) is 1.62. The Morgan fingerprint density at radius 2 is 2.30 bits per heavy atom. The topological polar surface area (TPSA) is 23.8 Å². The summed E-state index contributed by atoms with van der Waals surface area (Å²) in [5.41, 5.74) is 0.969. The van der Waals surface area contributed by atoms with Gasteiger partial charge in [0.1, 0.15) is 0 Å². The first-order chi connectivity index (χ1) is 4.64. The van der Waals surface area contributed by atoms with Crippen LogP contribution in [-0.2, 0) is 0 Å². The van der Waals surface area contributed by atoms with Crippen LogP contribution in [0.4, 0.5) is 0 Å². The third kappa shape index (κ3) is 1.48. The van der Waals surface area contributed by atoms with Crippen LogP contribution in [0.25, 0.3) is 0 Å². The van der Waals surface area contributed by atoms with Crippen LogP contribution in [0.3, 0.4) is 0 Å². The monoisotopic (exact) mass is 133 g/mol. The average molecular weight is 133 g/mol. The van der Waals surface area contributed by atoms with Crippen LogP contribution in [0.5, 0.6) is 0 Å². The van der Waals surface area contributed by atoms with Crippen molar-refractivity contribution in [3.63, 3.8) is 0 Å². The van der Waals surface area contributed by atoms with Crippen molar-refractivity contribution in [1.29, 1.82) is 5.26 Å². The molecule has 0 aromatic carbocycles. The van der Waals surface area contributed by atoms with Crippen LogP contribution in [-0.4, -0.2) is 0 Å². The fourth-order valence-electron chi connectivity index (χ4n) is 1.09. The molecule has 1 heteroatoms. The second kappa shape index (κ2) is 2.30. The van der Waals surface area contributed by atoms with Gasteiger partial charge in [-0.05, 0) is 17.9 Å². The first-order valence-corrected chi connectivity index (χ1v) is 3.43. The fourth-order valence-corrected chi connectivity index (χ4v) is 1.09. The second-order valence-corrected chi connectivity index (χ2v) is 3.31. The summed E-state index contributed by atoms with van der Waals surface area (Å²) in [7, 11) is 0. The van der Waals surface area contributed by atoms with Gasteiger partial charge in [-0.15, -0.1) is 0 Å². The minimum Gasteiger partial charge on any atom is -0.192 e. The molecule has 0 atom stereocenters. The lowest BCUT2D eigenvalue weighted by Crippen LogP contribution is -2.08. The summed E-state index contributed by atoms with van der Waals surface area (Å²) in [6, 6.07) is 2.13. The van der Waals surface area contributed by atoms with E-state index in [1.54, 1.807) is 0 Å². The predicted molar refractivity (Wildman–Crippen MR) is 41.2 cm³/mol. The smallest absolute Gasteiger partial charge is 0.0988 e. The summed E-state index contributed by atoms with van der Waals surface area (Å²) in [6.07, 6.45) is 7.00. The van der Waals surface area contributed by atoms with Crippen LogP contribution in [0.2, 0.25) is 0 Å². The minimum absolute atomic E-state index is 0.180. The molecular formula is C9H11N. The molecule has 0 fully saturated rings. The van der Waals surface area contributed by atoms with Crippen molar-refractivity contribution in [2.75, 3.05) is 0 Å². The Morgan fingerprint density at radius 3 is 2.70 bits per heavy atom. The molecule has 0 aromatic rings. The molecule has 0 amide bonds. The van der Waals surface area contributed by atoms with Crippen molar-refractivity contribution in [3.05, 3.63) is 23.8 Å². The van der Waals surface area contributed by atoms with Crippen LogP contribution in [0, 0.1) is 16.7 Å². The zero-order chi connectivity index (χ0) is 7.61. The SMILES string of the molecule is CC1(C)C=C(C#N)C=CC1. The molecule has 0 heterocycles. The molecule has 0 unspecified atom stereocenters. The average Bonchev–Trinajstić information content (AvgIpc) is 1.86. The third-order valence-corrected chi connectivity index (χ3v) is 1.62. The maximum atomic E-state index is 8.55. The molecule has 0 spiro atoms. The highest BCUT2D eigenvalue weighted by Gasteiger charge is 2.16. The highest BCUT2D eigenvalue weighted by atomic mass is 14.3. The summed E-state index contributed by atoms with van der Waals surface area (Å²) >= 11 is 0.